The summed E-state index contributed by atoms with van der Waals surface area (Å²) >= 11 is 1.02. The first kappa shape index (κ1) is 12.4. The molecule has 0 bridgehead atoms. The first-order chi connectivity index (χ1) is 6.68. The van der Waals surface area contributed by atoms with Crippen molar-refractivity contribution in [3.63, 3.8) is 0 Å². The van der Waals surface area contributed by atoms with Crippen LogP contribution in [0.2, 0.25) is 0 Å². The molecule has 0 atom stereocenters. The molecule has 86 valence electrons. The SMILES string of the molecule is CC(C)(C)NCc1nc(C(F)(F)F)cs1. The lowest BCUT2D eigenvalue weighted by atomic mass is 10.1. The Morgan fingerprint density at radius 1 is 1.33 bits per heavy atom. The number of thiazole rings is 1. The zero-order valence-corrected chi connectivity index (χ0v) is 9.59. The van der Waals surface area contributed by atoms with Crippen LogP contribution in [0.15, 0.2) is 5.38 Å². The molecular weight excluding hydrogens is 225 g/mol. The van der Waals surface area contributed by atoms with Crippen molar-refractivity contribution in [2.24, 2.45) is 0 Å². The van der Waals surface area contributed by atoms with Gasteiger partial charge in [0.1, 0.15) is 5.01 Å². The van der Waals surface area contributed by atoms with Gasteiger partial charge in [0.2, 0.25) is 0 Å². The molecule has 0 unspecified atom stereocenters. The van der Waals surface area contributed by atoms with E-state index in [1.54, 1.807) is 0 Å². The second kappa shape index (κ2) is 4.09. The van der Waals surface area contributed by atoms with Crippen LogP contribution in [0.3, 0.4) is 0 Å². The van der Waals surface area contributed by atoms with Gasteiger partial charge in [-0.15, -0.1) is 11.3 Å². The van der Waals surface area contributed by atoms with Crippen LogP contribution in [0.25, 0.3) is 0 Å². The summed E-state index contributed by atoms with van der Waals surface area (Å²) in [6, 6.07) is 0. The van der Waals surface area contributed by atoms with Crippen molar-refractivity contribution in [2.45, 2.75) is 39.0 Å². The molecule has 2 nitrogen and oxygen atoms in total. The lowest BCUT2D eigenvalue weighted by Gasteiger charge is -2.19. The number of nitrogens with zero attached hydrogens (tertiary/aromatic N) is 1. The summed E-state index contributed by atoms with van der Waals surface area (Å²) in [7, 11) is 0. The molecule has 0 radical (unpaired) electrons. The van der Waals surface area contributed by atoms with Gasteiger partial charge in [0.25, 0.3) is 0 Å². The highest BCUT2D eigenvalue weighted by atomic mass is 32.1. The summed E-state index contributed by atoms with van der Waals surface area (Å²) in [4.78, 5) is 3.52. The molecule has 0 aliphatic rings. The van der Waals surface area contributed by atoms with Crippen LogP contribution >= 0.6 is 11.3 Å². The summed E-state index contributed by atoms with van der Waals surface area (Å²) in [5.74, 6) is 0. The molecular formula is C9H13F3N2S. The Morgan fingerprint density at radius 2 is 1.93 bits per heavy atom. The smallest absolute Gasteiger partial charge is 0.306 e. The van der Waals surface area contributed by atoms with Gasteiger partial charge in [-0.2, -0.15) is 13.2 Å². The number of rotatable bonds is 2. The van der Waals surface area contributed by atoms with Gasteiger partial charge < -0.3 is 5.32 Å². The first-order valence-electron chi connectivity index (χ1n) is 4.45. The number of hydrogen-bond acceptors (Lipinski definition) is 3. The lowest BCUT2D eigenvalue weighted by molar-refractivity contribution is -0.140. The van der Waals surface area contributed by atoms with E-state index in [1.807, 2.05) is 20.8 Å². The van der Waals surface area contributed by atoms with Gasteiger partial charge in [-0.05, 0) is 20.8 Å². The third-order valence-corrected chi connectivity index (χ3v) is 2.46. The standard InChI is InChI=1S/C9H13F3N2S/c1-8(2,3)13-4-7-14-6(5-15-7)9(10,11)12/h5,13H,4H2,1-3H3. The van der Waals surface area contributed by atoms with E-state index >= 15 is 0 Å². The molecule has 1 aromatic heterocycles. The number of alkyl halides is 3. The molecule has 1 aromatic rings. The van der Waals surface area contributed by atoms with Crippen molar-refractivity contribution in [1.82, 2.24) is 10.3 Å². The van der Waals surface area contributed by atoms with Crippen LogP contribution in [-0.2, 0) is 12.7 Å². The fourth-order valence-corrected chi connectivity index (χ4v) is 1.60. The maximum Gasteiger partial charge on any atom is 0.434 e. The molecule has 15 heavy (non-hydrogen) atoms. The average molecular weight is 238 g/mol. The minimum absolute atomic E-state index is 0.121. The van der Waals surface area contributed by atoms with E-state index < -0.39 is 11.9 Å². The second-order valence-electron chi connectivity index (χ2n) is 4.23. The molecule has 0 spiro atoms. The summed E-state index contributed by atoms with van der Waals surface area (Å²) < 4.78 is 36.6. The molecule has 6 heteroatoms. The van der Waals surface area contributed by atoms with E-state index in [0.29, 0.717) is 11.6 Å². The summed E-state index contributed by atoms with van der Waals surface area (Å²) in [5, 5.41) is 4.58. The van der Waals surface area contributed by atoms with Gasteiger partial charge in [0.15, 0.2) is 5.69 Å². The third-order valence-electron chi connectivity index (χ3n) is 1.61. The molecule has 0 saturated carbocycles. The second-order valence-corrected chi connectivity index (χ2v) is 5.17. The maximum absolute atomic E-state index is 12.2. The molecule has 0 aromatic carbocycles. The summed E-state index contributed by atoms with van der Waals surface area (Å²) in [6.07, 6.45) is -4.34. The van der Waals surface area contributed by atoms with Crippen LogP contribution < -0.4 is 5.32 Å². The van der Waals surface area contributed by atoms with Gasteiger partial charge in [0.05, 0.1) is 0 Å². The van der Waals surface area contributed by atoms with E-state index in [-0.39, 0.29) is 5.54 Å². The molecule has 1 rings (SSSR count). The third kappa shape index (κ3) is 4.17. The van der Waals surface area contributed by atoms with Crippen LogP contribution in [0.4, 0.5) is 13.2 Å². The van der Waals surface area contributed by atoms with E-state index in [4.69, 9.17) is 0 Å². The van der Waals surface area contributed by atoms with Crippen molar-refractivity contribution in [1.29, 1.82) is 0 Å². The van der Waals surface area contributed by atoms with Crippen LogP contribution in [-0.4, -0.2) is 10.5 Å². The Balaban J connectivity index is 2.62. The highest BCUT2D eigenvalue weighted by Crippen LogP contribution is 2.29. The summed E-state index contributed by atoms with van der Waals surface area (Å²) in [5.41, 5.74) is -0.928. The number of halogens is 3. The Hall–Kier alpha value is -0.620. The Bertz CT molecular complexity index is 325. The molecule has 0 fully saturated rings. The van der Waals surface area contributed by atoms with Crippen molar-refractivity contribution >= 4 is 11.3 Å². The molecule has 0 aliphatic carbocycles. The average Bonchev–Trinajstić information content (AvgIpc) is 2.45. The lowest BCUT2D eigenvalue weighted by Crippen LogP contribution is -2.35. The predicted octanol–water partition coefficient (Wildman–Crippen LogP) is 3.05. The van der Waals surface area contributed by atoms with Crippen molar-refractivity contribution in [3.8, 4) is 0 Å². The highest BCUT2D eigenvalue weighted by Gasteiger charge is 2.33. The van der Waals surface area contributed by atoms with Crippen LogP contribution in [0, 0.1) is 0 Å². The van der Waals surface area contributed by atoms with Gasteiger partial charge in [-0.25, -0.2) is 4.98 Å². The maximum atomic E-state index is 12.2. The topological polar surface area (TPSA) is 24.9 Å². The van der Waals surface area contributed by atoms with Gasteiger partial charge >= 0.3 is 6.18 Å². The molecule has 0 saturated heterocycles. The minimum atomic E-state index is -4.34. The van der Waals surface area contributed by atoms with E-state index in [2.05, 4.69) is 10.3 Å². The molecule has 1 heterocycles. The van der Waals surface area contributed by atoms with Gasteiger partial charge in [0, 0.05) is 17.5 Å². The summed E-state index contributed by atoms with van der Waals surface area (Å²) in [6.45, 7) is 6.21. The van der Waals surface area contributed by atoms with Gasteiger partial charge in [-0.1, -0.05) is 0 Å². The molecule has 0 amide bonds. The van der Waals surface area contributed by atoms with Crippen molar-refractivity contribution < 1.29 is 13.2 Å². The van der Waals surface area contributed by atoms with Gasteiger partial charge in [-0.3, -0.25) is 0 Å². The van der Waals surface area contributed by atoms with E-state index in [9.17, 15) is 13.2 Å². The van der Waals surface area contributed by atoms with Crippen LogP contribution in [0.1, 0.15) is 31.5 Å². The zero-order chi connectivity index (χ0) is 11.7. The minimum Gasteiger partial charge on any atom is -0.306 e. The van der Waals surface area contributed by atoms with E-state index in [0.717, 1.165) is 16.7 Å². The quantitative estimate of drug-likeness (QED) is 0.856. The van der Waals surface area contributed by atoms with Crippen LogP contribution in [0.5, 0.6) is 0 Å². The number of hydrogen-bond donors (Lipinski definition) is 1. The van der Waals surface area contributed by atoms with Crippen molar-refractivity contribution in [2.75, 3.05) is 0 Å². The van der Waals surface area contributed by atoms with Crippen molar-refractivity contribution in [3.05, 3.63) is 16.1 Å². The Morgan fingerprint density at radius 3 is 2.33 bits per heavy atom. The Kier molecular flexibility index (Phi) is 3.40. The largest absolute Gasteiger partial charge is 0.434 e. The number of aromatic nitrogens is 1. The number of nitrogens with one attached hydrogen (secondary N) is 1. The highest BCUT2D eigenvalue weighted by molar-refractivity contribution is 7.09. The normalized spacial score (nSPS) is 13.2. The Labute approximate surface area is 90.5 Å². The fraction of sp³-hybridized carbons (Fsp3) is 0.667. The molecule has 1 N–H and O–H groups in total. The molecule has 0 aliphatic heterocycles. The zero-order valence-electron chi connectivity index (χ0n) is 8.77. The van der Waals surface area contributed by atoms with E-state index in [1.165, 1.54) is 0 Å². The predicted molar refractivity (Wildman–Crippen MR) is 53.7 cm³/mol. The monoisotopic (exact) mass is 238 g/mol. The first-order valence-corrected chi connectivity index (χ1v) is 5.33. The fourth-order valence-electron chi connectivity index (χ4n) is 0.863.